The molecule has 156 valence electrons. The molecule has 0 spiro atoms. The molecular formula is C22H22BrN3O3S. The molecule has 0 bridgehead atoms. The standard InChI is InChI=1S/C22H22BrN3O3S/c1-13-5-7-16(9-14(13)2)24-20(27)12-26-21(28)19(30-22(26)29)11-15-6-8-18(25(3)4)17(23)10-15/h5-11H,12H2,1-4H3,(H,24,27)/b19-11-. The fourth-order valence-electron chi connectivity index (χ4n) is 2.93. The molecule has 1 saturated heterocycles. The monoisotopic (exact) mass is 487 g/mol. The van der Waals surface area contributed by atoms with E-state index in [0.29, 0.717) is 10.6 Å². The minimum absolute atomic E-state index is 0.295. The highest BCUT2D eigenvalue weighted by atomic mass is 79.9. The van der Waals surface area contributed by atoms with Crippen molar-refractivity contribution in [1.29, 1.82) is 0 Å². The number of amides is 3. The predicted octanol–water partition coefficient (Wildman–Crippen LogP) is 4.81. The first-order valence-corrected chi connectivity index (χ1v) is 10.9. The van der Waals surface area contributed by atoms with E-state index >= 15 is 0 Å². The van der Waals surface area contributed by atoms with Gasteiger partial charge in [-0.05, 0) is 88.6 Å². The fourth-order valence-corrected chi connectivity index (χ4v) is 4.52. The number of anilines is 2. The van der Waals surface area contributed by atoms with Gasteiger partial charge in [0, 0.05) is 24.3 Å². The van der Waals surface area contributed by atoms with Gasteiger partial charge in [-0.1, -0.05) is 12.1 Å². The summed E-state index contributed by atoms with van der Waals surface area (Å²) in [7, 11) is 3.88. The highest BCUT2D eigenvalue weighted by Crippen LogP contribution is 2.33. The maximum Gasteiger partial charge on any atom is 0.294 e. The summed E-state index contributed by atoms with van der Waals surface area (Å²) in [4.78, 5) is 40.6. The van der Waals surface area contributed by atoms with E-state index in [1.165, 1.54) is 0 Å². The van der Waals surface area contributed by atoms with Crippen LogP contribution in [0.4, 0.5) is 16.2 Å². The van der Waals surface area contributed by atoms with Crippen molar-refractivity contribution in [1.82, 2.24) is 4.90 Å². The third-order valence-electron chi connectivity index (χ3n) is 4.72. The Labute approximate surface area is 188 Å². The number of nitrogens with zero attached hydrogens (tertiary/aromatic N) is 2. The second-order valence-corrected chi connectivity index (χ2v) is 9.07. The molecule has 30 heavy (non-hydrogen) atoms. The Morgan fingerprint density at radius 3 is 2.50 bits per heavy atom. The summed E-state index contributed by atoms with van der Waals surface area (Å²) in [6.45, 7) is 3.62. The molecule has 2 aromatic carbocycles. The van der Waals surface area contributed by atoms with Crippen LogP contribution in [0.1, 0.15) is 16.7 Å². The van der Waals surface area contributed by atoms with Gasteiger partial charge < -0.3 is 10.2 Å². The summed E-state index contributed by atoms with van der Waals surface area (Å²) in [5.74, 6) is -0.882. The minimum Gasteiger partial charge on any atom is -0.377 e. The first-order valence-electron chi connectivity index (χ1n) is 9.25. The lowest BCUT2D eigenvalue weighted by atomic mass is 10.1. The fraction of sp³-hybridized carbons (Fsp3) is 0.227. The van der Waals surface area contributed by atoms with Crippen molar-refractivity contribution < 1.29 is 14.4 Å². The zero-order valence-electron chi connectivity index (χ0n) is 17.2. The topological polar surface area (TPSA) is 69.7 Å². The van der Waals surface area contributed by atoms with Gasteiger partial charge in [0.05, 0.1) is 10.6 Å². The Balaban J connectivity index is 1.71. The lowest BCUT2D eigenvalue weighted by Gasteiger charge is -2.14. The van der Waals surface area contributed by atoms with Crippen molar-refractivity contribution in [2.75, 3.05) is 30.9 Å². The molecule has 8 heteroatoms. The molecule has 0 atom stereocenters. The highest BCUT2D eigenvalue weighted by Gasteiger charge is 2.36. The number of benzene rings is 2. The Hall–Kier alpha value is -2.58. The summed E-state index contributed by atoms with van der Waals surface area (Å²) in [6, 6.07) is 11.3. The molecule has 1 N–H and O–H groups in total. The van der Waals surface area contributed by atoms with E-state index < -0.39 is 17.1 Å². The number of imide groups is 1. The third kappa shape index (κ3) is 4.94. The van der Waals surface area contributed by atoms with Crippen LogP contribution in [0.3, 0.4) is 0 Å². The smallest absolute Gasteiger partial charge is 0.294 e. The van der Waals surface area contributed by atoms with Gasteiger partial charge in [0.1, 0.15) is 6.54 Å². The van der Waals surface area contributed by atoms with Gasteiger partial charge in [-0.15, -0.1) is 0 Å². The van der Waals surface area contributed by atoms with Crippen LogP contribution >= 0.6 is 27.7 Å². The summed E-state index contributed by atoms with van der Waals surface area (Å²) in [5, 5.41) is 2.29. The lowest BCUT2D eigenvalue weighted by Crippen LogP contribution is -2.36. The molecule has 0 aromatic heterocycles. The largest absolute Gasteiger partial charge is 0.377 e. The summed E-state index contributed by atoms with van der Waals surface area (Å²) in [6.07, 6.45) is 1.66. The van der Waals surface area contributed by atoms with Crippen LogP contribution in [0.25, 0.3) is 6.08 Å². The van der Waals surface area contributed by atoms with E-state index in [-0.39, 0.29) is 6.54 Å². The Bertz CT molecular complexity index is 1070. The van der Waals surface area contributed by atoms with E-state index in [1.54, 1.807) is 12.1 Å². The van der Waals surface area contributed by atoms with Crippen molar-refractivity contribution in [3.8, 4) is 0 Å². The quantitative estimate of drug-likeness (QED) is 0.612. The number of carbonyl (C=O) groups excluding carboxylic acids is 3. The molecule has 0 aliphatic carbocycles. The maximum atomic E-state index is 12.7. The van der Waals surface area contributed by atoms with E-state index in [4.69, 9.17) is 0 Å². The highest BCUT2D eigenvalue weighted by molar-refractivity contribution is 9.10. The van der Waals surface area contributed by atoms with Crippen LogP contribution in [-0.4, -0.2) is 42.6 Å². The summed E-state index contributed by atoms with van der Waals surface area (Å²) >= 11 is 4.36. The van der Waals surface area contributed by atoms with Gasteiger partial charge in [0.15, 0.2) is 0 Å². The van der Waals surface area contributed by atoms with Crippen molar-refractivity contribution in [2.24, 2.45) is 0 Å². The molecule has 3 amide bonds. The molecule has 0 unspecified atom stereocenters. The van der Waals surface area contributed by atoms with Crippen molar-refractivity contribution in [3.63, 3.8) is 0 Å². The van der Waals surface area contributed by atoms with Crippen LogP contribution in [0.2, 0.25) is 0 Å². The van der Waals surface area contributed by atoms with Gasteiger partial charge in [-0.3, -0.25) is 19.3 Å². The predicted molar refractivity (Wildman–Crippen MR) is 126 cm³/mol. The molecule has 0 radical (unpaired) electrons. The van der Waals surface area contributed by atoms with Gasteiger partial charge in [-0.25, -0.2) is 0 Å². The van der Waals surface area contributed by atoms with Gasteiger partial charge in [-0.2, -0.15) is 0 Å². The van der Waals surface area contributed by atoms with Gasteiger partial charge in [0.25, 0.3) is 11.1 Å². The van der Waals surface area contributed by atoms with E-state index in [1.807, 2.05) is 63.2 Å². The zero-order valence-corrected chi connectivity index (χ0v) is 19.6. The molecular weight excluding hydrogens is 466 g/mol. The number of nitrogens with one attached hydrogen (secondary N) is 1. The van der Waals surface area contributed by atoms with Crippen molar-refractivity contribution in [3.05, 3.63) is 62.5 Å². The van der Waals surface area contributed by atoms with E-state index in [9.17, 15) is 14.4 Å². The number of thioether (sulfide) groups is 1. The molecule has 1 aliphatic heterocycles. The molecule has 3 rings (SSSR count). The van der Waals surface area contributed by atoms with Gasteiger partial charge >= 0.3 is 0 Å². The van der Waals surface area contributed by atoms with E-state index in [0.717, 1.165) is 43.5 Å². The second kappa shape index (κ2) is 9.06. The molecule has 1 fully saturated rings. The molecule has 0 saturated carbocycles. The number of hydrogen-bond donors (Lipinski definition) is 1. The van der Waals surface area contributed by atoms with Crippen LogP contribution in [0.5, 0.6) is 0 Å². The Morgan fingerprint density at radius 1 is 1.13 bits per heavy atom. The van der Waals surface area contributed by atoms with Crippen LogP contribution < -0.4 is 10.2 Å². The first kappa shape index (κ1) is 22.1. The Morgan fingerprint density at radius 2 is 1.87 bits per heavy atom. The molecule has 1 aliphatic rings. The average molecular weight is 488 g/mol. The summed E-state index contributed by atoms with van der Waals surface area (Å²) in [5.41, 5.74) is 4.60. The van der Waals surface area contributed by atoms with Gasteiger partial charge in [0.2, 0.25) is 5.91 Å². The normalized spacial score (nSPS) is 15.1. The molecule has 2 aromatic rings. The molecule has 1 heterocycles. The van der Waals surface area contributed by atoms with E-state index in [2.05, 4.69) is 21.2 Å². The number of aryl methyl sites for hydroxylation is 2. The SMILES string of the molecule is Cc1ccc(NC(=O)CN2C(=O)S/C(=C\c3ccc(N(C)C)c(Br)c3)C2=O)cc1C. The van der Waals surface area contributed by atoms with Crippen LogP contribution in [-0.2, 0) is 9.59 Å². The number of halogens is 1. The minimum atomic E-state index is -0.465. The second-order valence-electron chi connectivity index (χ2n) is 7.22. The van der Waals surface area contributed by atoms with Crippen LogP contribution in [0.15, 0.2) is 45.8 Å². The number of hydrogen-bond acceptors (Lipinski definition) is 5. The lowest BCUT2D eigenvalue weighted by molar-refractivity contribution is -0.127. The first-order chi connectivity index (χ1) is 14.2. The zero-order chi connectivity index (χ0) is 22.0. The Kier molecular flexibility index (Phi) is 6.67. The average Bonchev–Trinajstić information content (AvgIpc) is 2.92. The van der Waals surface area contributed by atoms with Crippen molar-refractivity contribution in [2.45, 2.75) is 13.8 Å². The van der Waals surface area contributed by atoms with Crippen molar-refractivity contribution >= 4 is 62.2 Å². The number of carbonyl (C=O) groups is 3. The van der Waals surface area contributed by atoms with Crippen LogP contribution in [0, 0.1) is 13.8 Å². The summed E-state index contributed by atoms with van der Waals surface area (Å²) < 4.78 is 0.883. The maximum absolute atomic E-state index is 12.7. The molecule has 6 nitrogen and oxygen atoms in total. The number of rotatable bonds is 5. The third-order valence-corrected chi connectivity index (χ3v) is 6.26.